The van der Waals surface area contributed by atoms with Crippen molar-refractivity contribution in [1.82, 2.24) is 10.2 Å². The maximum atomic E-state index is 12.7. The van der Waals surface area contributed by atoms with Crippen molar-refractivity contribution >= 4 is 40.7 Å². The first kappa shape index (κ1) is 16.5. The van der Waals surface area contributed by atoms with Crippen molar-refractivity contribution in [2.45, 2.75) is 25.4 Å². The minimum Gasteiger partial charge on any atom is -0.322 e. The van der Waals surface area contributed by atoms with Crippen molar-refractivity contribution in [3.63, 3.8) is 0 Å². The summed E-state index contributed by atoms with van der Waals surface area (Å²) in [6.45, 7) is 0.224. The molecule has 4 amide bonds. The third-order valence-electron chi connectivity index (χ3n) is 4.58. The lowest BCUT2D eigenvalue weighted by Gasteiger charge is -2.29. The highest BCUT2D eigenvalue weighted by Crippen LogP contribution is 2.32. The van der Waals surface area contributed by atoms with E-state index in [1.165, 1.54) is 16.2 Å². The molecule has 0 spiro atoms. The second-order valence-electron chi connectivity index (χ2n) is 6.16. The summed E-state index contributed by atoms with van der Waals surface area (Å²) >= 11 is 1.33. The van der Waals surface area contributed by atoms with E-state index < -0.39 is 11.9 Å². The lowest BCUT2D eigenvalue weighted by atomic mass is 10.0. The fourth-order valence-corrected chi connectivity index (χ4v) is 3.91. The molecule has 1 fully saturated rings. The van der Waals surface area contributed by atoms with Crippen molar-refractivity contribution in [1.29, 1.82) is 0 Å². The van der Waals surface area contributed by atoms with E-state index in [-0.39, 0.29) is 30.7 Å². The normalized spacial score (nSPS) is 19.3. The zero-order valence-electron chi connectivity index (χ0n) is 13.7. The molecule has 26 heavy (non-hydrogen) atoms. The van der Waals surface area contributed by atoms with Gasteiger partial charge in [-0.1, -0.05) is 12.1 Å². The number of amides is 4. The van der Waals surface area contributed by atoms with Crippen LogP contribution < -0.4 is 10.6 Å². The van der Waals surface area contributed by atoms with Crippen LogP contribution in [0.25, 0.3) is 0 Å². The van der Waals surface area contributed by atoms with Crippen molar-refractivity contribution in [2.24, 2.45) is 0 Å². The molecule has 0 saturated carbocycles. The maximum Gasteiger partial charge on any atom is 0.265 e. The molecule has 3 heterocycles. The number of benzene rings is 1. The molecule has 2 aliphatic rings. The van der Waals surface area contributed by atoms with Crippen molar-refractivity contribution in [3.05, 3.63) is 51.7 Å². The molecule has 0 aliphatic carbocycles. The van der Waals surface area contributed by atoms with Crippen LogP contribution in [0.1, 0.15) is 38.4 Å². The maximum absolute atomic E-state index is 12.7. The second-order valence-corrected chi connectivity index (χ2v) is 7.11. The predicted molar refractivity (Wildman–Crippen MR) is 94.8 cm³/mol. The number of imide groups is 1. The summed E-state index contributed by atoms with van der Waals surface area (Å²) in [5, 5.41) is 6.94. The minimum atomic E-state index is -0.673. The SMILES string of the molecule is O=C1CCC(N2Cc3c(NC(=O)c4cccs4)cccc3C2=O)C(=O)N1. The Labute approximate surface area is 153 Å². The summed E-state index contributed by atoms with van der Waals surface area (Å²) in [6.07, 6.45) is 0.514. The highest BCUT2D eigenvalue weighted by Gasteiger charge is 2.39. The van der Waals surface area contributed by atoms with Crippen LogP contribution in [0.4, 0.5) is 5.69 Å². The van der Waals surface area contributed by atoms with Crippen molar-refractivity contribution in [3.8, 4) is 0 Å². The molecule has 7 nitrogen and oxygen atoms in total. The number of nitrogens with one attached hydrogen (secondary N) is 2. The van der Waals surface area contributed by atoms with Gasteiger partial charge in [0.15, 0.2) is 0 Å². The Kier molecular flexibility index (Phi) is 4.04. The number of hydrogen-bond acceptors (Lipinski definition) is 5. The molecule has 1 unspecified atom stereocenters. The Morgan fingerprint density at radius 2 is 2.04 bits per heavy atom. The molecule has 2 aliphatic heterocycles. The summed E-state index contributed by atoms with van der Waals surface area (Å²) in [5.74, 6) is -1.27. The Bertz CT molecular complexity index is 923. The largest absolute Gasteiger partial charge is 0.322 e. The second kappa shape index (κ2) is 6.38. The number of piperidine rings is 1. The average molecular weight is 369 g/mol. The topological polar surface area (TPSA) is 95.6 Å². The first-order valence-electron chi connectivity index (χ1n) is 8.16. The average Bonchev–Trinajstić information content (AvgIpc) is 3.25. The van der Waals surface area contributed by atoms with Crippen LogP contribution in [-0.2, 0) is 16.1 Å². The molecule has 8 heteroatoms. The summed E-state index contributed by atoms with van der Waals surface area (Å²) in [4.78, 5) is 50.6. The van der Waals surface area contributed by atoms with Crippen LogP contribution in [0.2, 0.25) is 0 Å². The number of thiophene rings is 1. The van der Waals surface area contributed by atoms with Gasteiger partial charge in [0.1, 0.15) is 6.04 Å². The Morgan fingerprint density at radius 3 is 2.77 bits per heavy atom. The number of anilines is 1. The first-order chi connectivity index (χ1) is 12.5. The molecule has 1 saturated heterocycles. The van der Waals surface area contributed by atoms with Gasteiger partial charge in [-0.05, 0) is 30.0 Å². The number of carbonyl (C=O) groups excluding carboxylic acids is 4. The fraction of sp³-hybridized carbons (Fsp3) is 0.222. The van der Waals surface area contributed by atoms with Gasteiger partial charge in [0.2, 0.25) is 11.8 Å². The molecule has 132 valence electrons. The summed E-state index contributed by atoms with van der Waals surface area (Å²) in [6, 6.07) is 7.98. The van der Waals surface area contributed by atoms with E-state index in [2.05, 4.69) is 10.6 Å². The monoisotopic (exact) mass is 369 g/mol. The predicted octanol–water partition coefficient (Wildman–Crippen LogP) is 1.76. The van der Waals surface area contributed by atoms with E-state index in [0.717, 1.165) is 0 Å². The Hall–Kier alpha value is -3.00. The van der Waals surface area contributed by atoms with Gasteiger partial charge in [0.05, 0.1) is 4.88 Å². The van der Waals surface area contributed by atoms with Gasteiger partial charge in [-0.15, -0.1) is 11.3 Å². The zero-order valence-corrected chi connectivity index (χ0v) is 14.5. The van der Waals surface area contributed by atoms with Crippen LogP contribution in [0.15, 0.2) is 35.7 Å². The van der Waals surface area contributed by atoms with Crippen LogP contribution in [0.3, 0.4) is 0 Å². The Morgan fingerprint density at radius 1 is 1.19 bits per heavy atom. The van der Waals surface area contributed by atoms with Crippen molar-refractivity contribution in [2.75, 3.05) is 5.32 Å². The summed E-state index contributed by atoms with van der Waals surface area (Å²) in [7, 11) is 0. The number of hydrogen-bond donors (Lipinski definition) is 2. The Balaban J connectivity index is 1.59. The molecule has 1 aromatic heterocycles. The highest BCUT2D eigenvalue weighted by molar-refractivity contribution is 7.12. The molecule has 0 radical (unpaired) electrons. The van der Waals surface area contributed by atoms with Gasteiger partial charge >= 0.3 is 0 Å². The summed E-state index contributed by atoms with van der Waals surface area (Å²) in [5.41, 5.74) is 1.72. The molecular formula is C18H15N3O4S. The van der Waals surface area contributed by atoms with Crippen LogP contribution >= 0.6 is 11.3 Å². The fourth-order valence-electron chi connectivity index (χ4n) is 3.29. The van der Waals surface area contributed by atoms with E-state index in [0.29, 0.717) is 28.1 Å². The third kappa shape index (κ3) is 2.78. The van der Waals surface area contributed by atoms with E-state index in [1.807, 2.05) is 5.38 Å². The first-order valence-corrected chi connectivity index (χ1v) is 9.04. The van der Waals surface area contributed by atoms with Gasteiger partial charge < -0.3 is 10.2 Å². The van der Waals surface area contributed by atoms with E-state index >= 15 is 0 Å². The number of fused-ring (bicyclic) bond motifs is 1. The van der Waals surface area contributed by atoms with Crippen LogP contribution in [0, 0.1) is 0 Å². The third-order valence-corrected chi connectivity index (χ3v) is 5.44. The van der Waals surface area contributed by atoms with Gasteiger partial charge in [-0.25, -0.2) is 0 Å². The standard InChI is InChI=1S/C18H15N3O4S/c22-15-7-6-13(16(23)20-15)21-9-11-10(18(21)25)3-1-4-12(11)19-17(24)14-5-2-8-26-14/h1-5,8,13H,6-7,9H2,(H,19,24)(H,20,22,23). The lowest BCUT2D eigenvalue weighted by Crippen LogP contribution is -2.52. The van der Waals surface area contributed by atoms with Gasteiger partial charge in [0, 0.05) is 29.8 Å². The van der Waals surface area contributed by atoms with E-state index in [9.17, 15) is 19.2 Å². The van der Waals surface area contributed by atoms with E-state index in [4.69, 9.17) is 0 Å². The lowest BCUT2D eigenvalue weighted by molar-refractivity contribution is -0.136. The molecule has 1 aromatic carbocycles. The van der Waals surface area contributed by atoms with Crippen LogP contribution in [0.5, 0.6) is 0 Å². The van der Waals surface area contributed by atoms with Gasteiger partial charge in [-0.2, -0.15) is 0 Å². The van der Waals surface area contributed by atoms with Gasteiger partial charge in [-0.3, -0.25) is 24.5 Å². The smallest absolute Gasteiger partial charge is 0.265 e. The minimum absolute atomic E-state index is 0.207. The van der Waals surface area contributed by atoms with Crippen LogP contribution in [-0.4, -0.2) is 34.6 Å². The molecular weight excluding hydrogens is 354 g/mol. The van der Waals surface area contributed by atoms with Crippen molar-refractivity contribution < 1.29 is 19.2 Å². The molecule has 4 rings (SSSR count). The zero-order chi connectivity index (χ0) is 18.3. The summed E-state index contributed by atoms with van der Waals surface area (Å²) < 4.78 is 0. The molecule has 2 N–H and O–H groups in total. The van der Waals surface area contributed by atoms with E-state index in [1.54, 1.807) is 30.3 Å². The van der Waals surface area contributed by atoms with Gasteiger partial charge in [0.25, 0.3) is 11.8 Å². The number of carbonyl (C=O) groups is 4. The number of rotatable bonds is 3. The highest BCUT2D eigenvalue weighted by atomic mass is 32.1. The molecule has 2 aromatic rings. The quantitative estimate of drug-likeness (QED) is 0.806. The molecule has 1 atom stereocenters. The molecule has 0 bridgehead atoms. The number of nitrogens with zero attached hydrogens (tertiary/aromatic N) is 1.